The van der Waals surface area contributed by atoms with Gasteiger partial charge in [-0.2, -0.15) is 0 Å². The number of fused-ring (bicyclic) bond motifs is 1. The van der Waals surface area contributed by atoms with Crippen molar-refractivity contribution in [1.82, 2.24) is 0 Å². The van der Waals surface area contributed by atoms with Crippen LogP contribution in [0.5, 0.6) is 0 Å². The largest absolute Gasteiger partial charge is 0.384 e. The summed E-state index contributed by atoms with van der Waals surface area (Å²) in [7, 11) is 0. The molecule has 0 amide bonds. The van der Waals surface area contributed by atoms with E-state index in [1.807, 2.05) is 0 Å². The van der Waals surface area contributed by atoms with Crippen molar-refractivity contribution in [3.05, 3.63) is 29.8 Å². The van der Waals surface area contributed by atoms with Gasteiger partial charge in [0.2, 0.25) is 0 Å². The van der Waals surface area contributed by atoms with Crippen LogP contribution in [-0.4, -0.2) is 33.8 Å². The molecular formula is C8H11NPb. The molecule has 2 rings (SSSR count). The molecule has 1 aliphatic heterocycles. The van der Waals surface area contributed by atoms with Gasteiger partial charge in [-0.15, -0.1) is 0 Å². The van der Waals surface area contributed by atoms with Gasteiger partial charge in [-0.1, -0.05) is 18.2 Å². The zero-order valence-electron chi connectivity index (χ0n) is 5.93. The van der Waals surface area contributed by atoms with Gasteiger partial charge in [-0.05, 0) is 18.1 Å². The van der Waals surface area contributed by atoms with E-state index in [9.17, 15) is 0 Å². The van der Waals surface area contributed by atoms with Crippen molar-refractivity contribution in [2.75, 3.05) is 11.9 Å². The van der Waals surface area contributed by atoms with Gasteiger partial charge in [-0.3, -0.25) is 0 Å². The third-order valence-corrected chi connectivity index (χ3v) is 1.73. The molecule has 0 spiro atoms. The minimum Gasteiger partial charge on any atom is -0.384 e. The molecule has 0 atom stereocenters. The molecule has 0 aromatic heterocycles. The SMILES string of the molecule is [PbH2].c1ccc2c(c1)CCN2. The smallest absolute Gasteiger partial charge is 0.0373 e. The molecule has 1 heterocycles. The standard InChI is InChI=1S/C8H9N.Pb.2H/c1-2-4-8-7(3-1)5-6-9-8;;;/h1-4,9H,5-6H2;;;. The van der Waals surface area contributed by atoms with Crippen LogP contribution in [-0.2, 0) is 6.42 Å². The van der Waals surface area contributed by atoms with Crippen molar-refractivity contribution in [3.63, 3.8) is 0 Å². The van der Waals surface area contributed by atoms with E-state index in [2.05, 4.69) is 29.6 Å². The summed E-state index contributed by atoms with van der Waals surface area (Å²) >= 11 is 0. The van der Waals surface area contributed by atoms with E-state index in [0.29, 0.717) is 0 Å². The summed E-state index contributed by atoms with van der Waals surface area (Å²) in [5.41, 5.74) is 2.77. The predicted molar refractivity (Wildman–Crippen MR) is 47.2 cm³/mol. The topological polar surface area (TPSA) is 12.0 Å². The van der Waals surface area contributed by atoms with E-state index in [-0.39, 0.29) is 27.3 Å². The second-order valence-corrected chi connectivity index (χ2v) is 2.33. The number of hydrogen-bond acceptors (Lipinski definition) is 1. The Bertz CT molecular complexity index is 199. The minimum atomic E-state index is 0. The summed E-state index contributed by atoms with van der Waals surface area (Å²) in [4.78, 5) is 0. The summed E-state index contributed by atoms with van der Waals surface area (Å²) < 4.78 is 0. The van der Waals surface area contributed by atoms with Crippen molar-refractivity contribution in [3.8, 4) is 0 Å². The maximum atomic E-state index is 3.30. The van der Waals surface area contributed by atoms with Crippen molar-refractivity contribution in [2.24, 2.45) is 0 Å². The van der Waals surface area contributed by atoms with Gasteiger partial charge < -0.3 is 5.32 Å². The number of benzene rings is 1. The molecule has 1 aromatic carbocycles. The third-order valence-electron chi connectivity index (χ3n) is 1.73. The van der Waals surface area contributed by atoms with E-state index < -0.39 is 0 Å². The van der Waals surface area contributed by atoms with Crippen LogP contribution in [0.25, 0.3) is 0 Å². The quantitative estimate of drug-likeness (QED) is 0.693. The van der Waals surface area contributed by atoms with Crippen molar-refractivity contribution in [2.45, 2.75) is 6.42 Å². The fraction of sp³-hybridized carbons (Fsp3) is 0.250. The van der Waals surface area contributed by atoms with Gasteiger partial charge in [0.05, 0.1) is 0 Å². The molecule has 0 saturated heterocycles. The fourth-order valence-corrected chi connectivity index (χ4v) is 1.24. The first-order chi connectivity index (χ1) is 4.47. The maximum absolute atomic E-state index is 3.30. The summed E-state index contributed by atoms with van der Waals surface area (Å²) in [5.74, 6) is 0. The third kappa shape index (κ3) is 1.33. The van der Waals surface area contributed by atoms with Crippen LogP contribution in [0.4, 0.5) is 5.69 Å². The van der Waals surface area contributed by atoms with Gasteiger partial charge in [0.25, 0.3) is 0 Å². The predicted octanol–water partition coefficient (Wildman–Crippen LogP) is 0.738. The number of anilines is 1. The molecule has 52 valence electrons. The molecule has 1 nitrogen and oxygen atoms in total. The van der Waals surface area contributed by atoms with Crippen LogP contribution in [0.2, 0.25) is 0 Å². The Hall–Kier alpha value is -0.0579. The van der Waals surface area contributed by atoms with E-state index in [1.165, 1.54) is 17.7 Å². The average Bonchev–Trinajstić information content (AvgIpc) is 2.33. The Labute approximate surface area is 81.0 Å². The normalized spacial score (nSPS) is 13.2. The Morgan fingerprint density at radius 2 is 2.00 bits per heavy atom. The molecule has 10 heavy (non-hydrogen) atoms. The first-order valence-corrected chi connectivity index (χ1v) is 3.28. The van der Waals surface area contributed by atoms with Crippen LogP contribution >= 0.6 is 0 Å². The minimum absolute atomic E-state index is 0. The molecule has 2 radical (unpaired) electrons. The first-order valence-electron chi connectivity index (χ1n) is 3.28. The summed E-state index contributed by atoms with van der Waals surface area (Å²) in [6.07, 6.45) is 1.19. The Kier molecular flexibility index (Phi) is 2.71. The van der Waals surface area contributed by atoms with E-state index in [0.717, 1.165) is 6.54 Å². The van der Waals surface area contributed by atoms with Crippen molar-refractivity contribution >= 4 is 33.0 Å². The summed E-state index contributed by atoms with van der Waals surface area (Å²) in [6.45, 7) is 1.11. The molecule has 1 N–H and O–H groups in total. The van der Waals surface area contributed by atoms with E-state index >= 15 is 0 Å². The van der Waals surface area contributed by atoms with Crippen LogP contribution < -0.4 is 5.32 Å². The maximum Gasteiger partial charge on any atom is 0.0373 e. The zero-order valence-corrected chi connectivity index (χ0v) is 11.4. The second-order valence-electron chi connectivity index (χ2n) is 2.33. The molecule has 0 unspecified atom stereocenters. The Balaban J connectivity index is 0.000000500. The first kappa shape index (κ1) is 8.04. The van der Waals surface area contributed by atoms with Crippen LogP contribution in [0, 0.1) is 0 Å². The van der Waals surface area contributed by atoms with Crippen LogP contribution in [0.1, 0.15) is 5.56 Å². The molecule has 2 heteroatoms. The van der Waals surface area contributed by atoms with E-state index in [1.54, 1.807) is 0 Å². The van der Waals surface area contributed by atoms with Gasteiger partial charge in [0.15, 0.2) is 0 Å². The average molecular weight is 328 g/mol. The number of hydrogen-bond donors (Lipinski definition) is 1. The summed E-state index contributed by atoms with van der Waals surface area (Å²) in [6, 6.07) is 8.46. The van der Waals surface area contributed by atoms with E-state index in [4.69, 9.17) is 0 Å². The fourth-order valence-electron chi connectivity index (χ4n) is 1.24. The second kappa shape index (κ2) is 3.37. The van der Waals surface area contributed by atoms with Crippen LogP contribution in [0.3, 0.4) is 0 Å². The Morgan fingerprint density at radius 1 is 1.20 bits per heavy atom. The number of para-hydroxylation sites is 1. The van der Waals surface area contributed by atoms with Gasteiger partial charge in [0, 0.05) is 12.2 Å². The molecule has 0 bridgehead atoms. The van der Waals surface area contributed by atoms with Gasteiger partial charge >= 0.3 is 27.3 Å². The summed E-state index contributed by atoms with van der Waals surface area (Å²) in [5, 5.41) is 3.30. The monoisotopic (exact) mass is 329 g/mol. The Morgan fingerprint density at radius 3 is 2.80 bits per heavy atom. The molecule has 0 saturated carbocycles. The zero-order chi connectivity index (χ0) is 6.10. The number of rotatable bonds is 0. The van der Waals surface area contributed by atoms with Crippen molar-refractivity contribution < 1.29 is 0 Å². The molecule has 1 aromatic rings. The number of nitrogens with one attached hydrogen (secondary N) is 1. The molecule has 0 fully saturated rings. The van der Waals surface area contributed by atoms with Crippen molar-refractivity contribution in [1.29, 1.82) is 0 Å². The molecule has 0 aliphatic carbocycles. The molecule has 1 aliphatic rings. The molecular weight excluding hydrogens is 317 g/mol. The van der Waals surface area contributed by atoms with Gasteiger partial charge in [0.1, 0.15) is 0 Å². The van der Waals surface area contributed by atoms with Crippen LogP contribution in [0.15, 0.2) is 24.3 Å². The van der Waals surface area contributed by atoms with Gasteiger partial charge in [-0.25, -0.2) is 0 Å².